The van der Waals surface area contributed by atoms with E-state index in [1.54, 1.807) is 32.9 Å². The van der Waals surface area contributed by atoms with Crippen LogP contribution in [0.15, 0.2) is 24.3 Å². The first-order valence-electron chi connectivity index (χ1n) is 8.84. The van der Waals surface area contributed by atoms with E-state index >= 15 is 0 Å². The van der Waals surface area contributed by atoms with Gasteiger partial charge in [0.2, 0.25) is 0 Å². The summed E-state index contributed by atoms with van der Waals surface area (Å²) in [7, 11) is 0. The van der Waals surface area contributed by atoms with Crippen LogP contribution in [0.2, 0.25) is 0 Å². The van der Waals surface area contributed by atoms with Crippen LogP contribution in [0.1, 0.15) is 45.6 Å². The normalized spacial score (nSPS) is 18.1. The van der Waals surface area contributed by atoms with Gasteiger partial charge in [-0.1, -0.05) is 17.7 Å². The number of carbonyl (C=O) groups is 3. The highest BCUT2D eigenvalue weighted by Gasteiger charge is 2.33. The Morgan fingerprint density at radius 1 is 1.15 bits per heavy atom. The predicted octanol–water partition coefficient (Wildman–Crippen LogP) is 3.43. The number of likely N-dealkylation sites (tertiary alicyclic amines) is 1. The van der Waals surface area contributed by atoms with Crippen molar-refractivity contribution < 1.29 is 19.1 Å². The monoisotopic (exact) mass is 361 g/mol. The van der Waals surface area contributed by atoms with Crippen LogP contribution in [-0.2, 0) is 9.53 Å². The minimum Gasteiger partial charge on any atom is -0.444 e. The van der Waals surface area contributed by atoms with Crippen LogP contribution in [0.4, 0.5) is 15.3 Å². The van der Waals surface area contributed by atoms with Gasteiger partial charge in [-0.2, -0.15) is 0 Å². The number of alkyl carbamates (subject to hydrolysis) is 1. The highest BCUT2D eigenvalue weighted by molar-refractivity contribution is 6.03. The molecule has 1 aromatic rings. The number of rotatable bonds is 2. The van der Waals surface area contributed by atoms with Gasteiger partial charge in [-0.15, -0.1) is 0 Å². The SMILES string of the molecule is Cc1ccc(NC(=O)N2CCCC[C@H](NC(=O)OC(C)(C)C)C2=O)cc1. The number of imide groups is 1. The summed E-state index contributed by atoms with van der Waals surface area (Å²) in [5.74, 6) is -0.419. The molecule has 1 atom stereocenters. The molecule has 0 unspecified atom stereocenters. The molecule has 0 bridgehead atoms. The molecule has 1 aliphatic heterocycles. The van der Waals surface area contributed by atoms with Crippen molar-refractivity contribution in [2.75, 3.05) is 11.9 Å². The number of carbonyl (C=O) groups excluding carboxylic acids is 3. The second-order valence-electron chi connectivity index (χ2n) is 7.48. The zero-order valence-electron chi connectivity index (χ0n) is 15.8. The Labute approximate surface area is 154 Å². The minimum atomic E-state index is -0.767. The molecule has 4 amide bonds. The maximum absolute atomic E-state index is 12.7. The van der Waals surface area contributed by atoms with Crippen LogP contribution in [-0.4, -0.2) is 41.1 Å². The van der Waals surface area contributed by atoms with Gasteiger partial charge in [-0.3, -0.25) is 9.69 Å². The second-order valence-corrected chi connectivity index (χ2v) is 7.48. The van der Waals surface area contributed by atoms with Crippen molar-refractivity contribution in [1.82, 2.24) is 10.2 Å². The second kappa shape index (κ2) is 8.21. The van der Waals surface area contributed by atoms with Crippen molar-refractivity contribution in [3.63, 3.8) is 0 Å². The summed E-state index contributed by atoms with van der Waals surface area (Å²) in [5, 5.41) is 5.32. The number of nitrogens with zero attached hydrogens (tertiary/aromatic N) is 1. The van der Waals surface area contributed by atoms with Gasteiger partial charge < -0.3 is 15.4 Å². The summed E-state index contributed by atoms with van der Waals surface area (Å²) in [6.45, 7) is 7.54. The first-order valence-corrected chi connectivity index (χ1v) is 8.84. The molecular weight excluding hydrogens is 334 g/mol. The molecule has 2 rings (SSSR count). The lowest BCUT2D eigenvalue weighted by molar-refractivity contribution is -0.129. The Morgan fingerprint density at radius 2 is 1.81 bits per heavy atom. The van der Waals surface area contributed by atoms with Gasteiger partial charge in [0.25, 0.3) is 5.91 Å². The molecule has 7 heteroatoms. The third kappa shape index (κ3) is 5.75. The highest BCUT2D eigenvalue weighted by atomic mass is 16.6. The lowest BCUT2D eigenvalue weighted by Crippen LogP contribution is -2.51. The van der Waals surface area contributed by atoms with E-state index in [9.17, 15) is 14.4 Å². The number of aryl methyl sites for hydroxylation is 1. The highest BCUT2D eigenvalue weighted by Crippen LogP contribution is 2.16. The fourth-order valence-corrected chi connectivity index (χ4v) is 2.65. The Hall–Kier alpha value is -2.57. The number of hydrogen-bond donors (Lipinski definition) is 2. The lowest BCUT2D eigenvalue weighted by Gasteiger charge is -2.25. The topological polar surface area (TPSA) is 87.7 Å². The van der Waals surface area contributed by atoms with Gasteiger partial charge in [-0.05, 0) is 59.1 Å². The lowest BCUT2D eigenvalue weighted by atomic mass is 10.1. The summed E-state index contributed by atoms with van der Waals surface area (Å²) in [5.41, 5.74) is 1.05. The van der Waals surface area contributed by atoms with Crippen LogP contribution in [0.25, 0.3) is 0 Å². The number of amides is 4. The molecule has 1 saturated heterocycles. The van der Waals surface area contributed by atoms with E-state index in [1.165, 1.54) is 0 Å². The quantitative estimate of drug-likeness (QED) is 0.845. The van der Waals surface area contributed by atoms with Gasteiger partial charge in [0, 0.05) is 12.2 Å². The number of benzene rings is 1. The fourth-order valence-electron chi connectivity index (χ4n) is 2.65. The van der Waals surface area contributed by atoms with E-state index in [-0.39, 0.29) is 0 Å². The number of nitrogens with one attached hydrogen (secondary N) is 2. The van der Waals surface area contributed by atoms with Gasteiger partial charge >= 0.3 is 12.1 Å². The fraction of sp³-hybridized carbons (Fsp3) is 0.526. The molecule has 142 valence electrons. The maximum atomic E-state index is 12.7. The van der Waals surface area contributed by atoms with Crippen LogP contribution in [0, 0.1) is 6.92 Å². The van der Waals surface area contributed by atoms with Crippen molar-refractivity contribution in [2.24, 2.45) is 0 Å². The van der Waals surface area contributed by atoms with E-state index in [4.69, 9.17) is 4.74 Å². The van der Waals surface area contributed by atoms with E-state index in [1.807, 2.05) is 19.1 Å². The number of urea groups is 1. The summed E-state index contributed by atoms with van der Waals surface area (Å²) in [4.78, 5) is 38.4. The molecule has 0 radical (unpaired) electrons. The molecule has 2 N–H and O–H groups in total. The third-order valence-corrected chi connectivity index (χ3v) is 3.93. The molecule has 0 spiro atoms. The average Bonchev–Trinajstić information content (AvgIpc) is 2.70. The molecule has 26 heavy (non-hydrogen) atoms. The maximum Gasteiger partial charge on any atom is 0.408 e. The Bertz CT molecular complexity index is 664. The van der Waals surface area contributed by atoms with Gasteiger partial charge in [0.05, 0.1) is 0 Å². The smallest absolute Gasteiger partial charge is 0.408 e. The molecule has 1 heterocycles. The molecule has 1 fully saturated rings. The van der Waals surface area contributed by atoms with Gasteiger partial charge in [0.15, 0.2) is 0 Å². The number of ether oxygens (including phenoxy) is 1. The van der Waals surface area contributed by atoms with Crippen molar-refractivity contribution in [3.05, 3.63) is 29.8 Å². The molecular formula is C19H27N3O4. The molecule has 0 saturated carbocycles. The van der Waals surface area contributed by atoms with Gasteiger partial charge in [-0.25, -0.2) is 9.59 Å². The Balaban J connectivity index is 2.03. The van der Waals surface area contributed by atoms with E-state index in [2.05, 4.69) is 10.6 Å². The summed E-state index contributed by atoms with van der Waals surface area (Å²) in [6, 6.07) is 6.07. The predicted molar refractivity (Wildman–Crippen MR) is 98.9 cm³/mol. The van der Waals surface area contributed by atoms with Crippen LogP contribution in [0.5, 0.6) is 0 Å². The van der Waals surface area contributed by atoms with Crippen LogP contribution < -0.4 is 10.6 Å². The van der Waals surface area contributed by atoms with E-state index < -0.39 is 29.7 Å². The summed E-state index contributed by atoms with van der Waals surface area (Å²) >= 11 is 0. The Morgan fingerprint density at radius 3 is 2.42 bits per heavy atom. The molecule has 1 aliphatic rings. The van der Waals surface area contributed by atoms with E-state index in [0.29, 0.717) is 25.1 Å². The average molecular weight is 361 g/mol. The summed E-state index contributed by atoms with van der Waals surface area (Å²) < 4.78 is 5.21. The van der Waals surface area contributed by atoms with Crippen LogP contribution >= 0.6 is 0 Å². The van der Waals surface area contributed by atoms with Crippen molar-refractivity contribution in [3.8, 4) is 0 Å². The first-order chi connectivity index (χ1) is 12.2. The zero-order chi connectivity index (χ0) is 19.3. The van der Waals surface area contributed by atoms with Crippen LogP contribution in [0.3, 0.4) is 0 Å². The van der Waals surface area contributed by atoms with E-state index in [0.717, 1.165) is 16.9 Å². The molecule has 0 aliphatic carbocycles. The van der Waals surface area contributed by atoms with Gasteiger partial charge in [0.1, 0.15) is 11.6 Å². The third-order valence-electron chi connectivity index (χ3n) is 3.93. The molecule has 7 nitrogen and oxygen atoms in total. The largest absolute Gasteiger partial charge is 0.444 e. The minimum absolute atomic E-state index is 0.322. The zero-order valence-corrected chi connectivity index (χ0v) is 15.8. The molecule has 1 aromatic carbocycles. The molecule has 0 aromatic heterocycles. The number of anilines is 1. The first kappa shape index (κ1) is 19.8. The van der Waals surface area contributed by atoms with Crippen molar-refractivity contribution in [1.29, 1.82) is 0 Å². The number of hydrogen-bond acceptors (Lipinski definition) is 4. The van der Waals surface area contributed by atoms with Crippen molar-refractivity contribution in [2.45, 2.75) is 58.6 Å². The summed E-state index contributed by atoms with van der Waals surface area (Å²) in [6.07, 6.45) is 1.25. The standard InChI is InChI=1S/C19H27N3O4/c1-13-8-10-14(11-9-13)20-17(24)22-12-6-5-7-15(16(22)23)21-18(25)26-19(2,3)4/h8-11,15H,5-7,12H2,1-4H3,(H,20,24)(H,21,25)/t15-/m0/s1. The van der Waals surface area contributed by atoms with Crippen molar-refractivity contribution >= 4 is 23.7 Å². The Kier molecular flexibility index (Phi) is 6.23.